The highest BCUT2D eigenvalue weighted by Gasteiger charge is 2.24. The van der Waals surface area contributed by atoms with Gasteiger partial charge in [0.1, 0.15) is 12.4 Å². The topological polar surface area (TPSA) is 93.7 Å². The molecule has 0 spiro atoms. The Kier molecular flexibility index (Phi) is 4.79. The lowest BCUT2D eigenvalue weighted by Gasteiger charge is -2.22. The fourth-order valence-corrected chi connectivity index (χ4v) is 2.26. The minimum atomic E-state index is -0.471. The zero-order chi connectivity index (χ0) is 15.4. The van der Waals surface area contributed by atoms with Crippen molar-refractivity contribution in [3.05, 3.63) is 18.2 Å². The molecule has 1 atom stereocenters. The zero-order valence-corrected chi connectivity index (χ0v) is 12.4. The van der Waals surface area contributed by atoms with E-state index in [1.807, 2.05) is 10.8 Å². The van der Waals surface area contributed by atoms with Crippen LogP contribution in [-0.4, -0.2) is 65.1 Å². The van der Waals surface area contributed by atoms with Crippen LogP contribution >= 0.6 is 0 Å². The fraction of sp³-hybridized carbons (Fsp3) is 0.615. The quantitative estimate of drug-likeness (QED) is 0.810. The van der Waals surface area contributed by atoms with E-state index in [4.69, 9.17) is 10.5 Å². The van der Waals surface area contributed by atoms with Crippen LogP contribution in [0.4, 0.5) is 4.79 Å². The highest BCUT2D eigenvalue weighted by atomic mass is 16.5. The van der Waals surface area contributed by atoms with Gasteiger partial charge < -0.3 is 24.8 Å². The second kappa shape index (κ2) is 6.57. The summed E-state index contributed by atoms with van der Waals surface area (Å²) in [5.41, 5.74) is 5.39. The second-order valence-electron chi connectivity index (χ2n) is 5.38. The molecular weight excluding hydrogens is 274 g/mol. The van der Waals surface area contributed by atoms with E-state index in [-0.39, 0.29) is 18.4 Å². The molecular formula is C13H21N5O3. The van der Waals surface area contributed by atoms with Crippen LogP contribution in [0.15, 0.2) is 12.4 Å². The van der Waals surface area contributed by atoms with Gasteiger partial charge in [0.25, 0.3) is 0 Å². The Hall–Kier alpha value is -2.09. The Bertz CT molecular complexity index is 514. The standard InChI is InChI=1S/C13H21N5O3/c1-16(2)12(19)9-21-8-10-5-17-4-3-15-11(17)7-18(6-10)13(14)20/h3-4,10H,5-9H2,1-2H3,(H2,14,20). The van der Waals surface area contributed by atoms with E-state index in [0.29, 0.717) is 26.2 Å². The van der Waals surface area contributed by atoms with Gasteiger partial charge in [0.05, 0.1) is 13.2 Å². The molecule has 0 radical (unpaired) electrons. The van der Waals surface area contributed by atoms with Crippen LogP contribution in [-0.2, 0) is 22.6 Å². The SMILES string of the molecule is CN(C)C(=O)COCC1CN(C(N)=O)Cc2nccn2C1. The molecule has 0 fully saturated rings. The first-order chi connectivity index (χ1) is 9.97. The summed E-state index contributed by atoms with van der Waals surface area (Å²) in [6.45, 7) is 2.01. The van der Waals surface area contributed by atoms with Crippen LogP contribution < -0.4 is 5.73 Å². The van der Waals surface area contributed by atoms with E-state index in [1.165, 1.54) is 4.90 Å². The molecule has 0 aliphatic carbocycles. The Morgan fingerprint density at radius 3 is 2.90 bits per heavy atom. The summed E-state index contributed by atoms with van der Waals surface area (Å²) in [7, 11) is 3.37. The third kappa shape index (κ3) is 3.94. The van der Waals surface area contributed by atoms with Gasteiger partial charge in [0.2, 0.25) is 5.91 Å². The van der Waals surface area contributed by atoms with E-state index in [2.05, 4.69) is 4.98 Å². The van der Waals surface area contributed by atoms with Gasteiger partial charge >= 0.3 is 6.03 Å². The van der Waals surface area contributed by atoms with Gasteiger partial charge in [-0.25, -0.2) is 9.78 Å². The summed E-state index contributed by atoms with van der Waals surface area (Å²) < 4.78 is 7.46. The minimum absolute atomic E-state index is 0.0385. The molecule has 3 amide bonds. The van der Waals surface area contributed by atoms with Crippen molar-refractivity contribution in [1.82, 2.24) is 19.4 Å². The Balaban J connectivity index is 1.96. The fourth-order valence-electron chi connectivity index (χ4n) is 2.26. The van der Waals surface area contributed by atoms with Gasteiger partial charge in [-0.15, -0.1) is 0 Å². The van der Waals surface area contributed by atoms with Crippen molar-refractivity contribution >= 4 is 11.9 Å². The number of urea groups is 1. The summed E-state index contributed by atoms with van der Waals surface area (Å²) in [6, 6.07) is -0.471. The number of imidazole rings is 1. The number of carbonyl (C=O) groups is 2. The van der Waals surface area contributed by atoms with Gasteiger partial charge in [0.15, 0.2) is 0 Å². The number of nitrogens with zero attached hydrogens (tertiary/aromatic N) is 4. The molecule has 2 N–H and O–H groups in total. The summed E-state index contributed by atoms with van der Waals surface area (Å²) in [6.07, 6.45) is 3.57. The largest absolute Gasteiger partial charge is 0.371 e. The molecule has 8 heteroatoms. The molecule has 1 aliphatic heterocycles. The predicted molar refractivity (Wildman–Crippen MR) is 75.2 cm³/mol. The highest BCUT2D eigenvalue weighted by molar-refractivity contribution is 5.76. The van der Waals surface area contributed by atoms with Crippen molar-refractivity contribution < 1.29 is 14.3 Å². The number of rotatable bonds is 4. The van der Waals surface area contributed by atoms with Crippen molar-refractivity contribution in [2.24, 2.45) is 11.7 Å². The molecule has 1 aliphatic rings. The molecule has 2 heterocycles. The van der Waals surface area contributed by atoms with Crippen molar-refractivity contribution in [3.8, 4) is 0 Å². The molecule has 0 bridgehead atoms. The Morgan fingerprint density at radius 2 is 2.24 bits per heavy atom. The zero-order valence-electron chi connectivity index (χ0n) is 12.4. The normalized spacial score (nSPS) is 18.0. The lowest BCUT2D eigenvalue weighted by molar-refractivity contribution is -0.134. The Morgan fingerprint density at radius 1 is 1.48 bits per heavy atom. The Labute approximate surface area is 123 Å². The monoisotopic (exact) mass is 295 g/mol. The third-order valence-corrected chi connectivity index (χ3v) is 3.46. The number of hydrogen-bond donors (Lipinski definition) is 1. The molecule has 0 saturated heterocycles. The average Bonchev–Trinajstić information content (AvgIpc) is 2.77. The van der Waals surface area contributed by atoms with E-state index >= 15 is 0 Å². The number of amides is 3. The minimum Gasteiger partial charge on any atom is -0.371 e. The van der Waals surface area contributed by atoms with Gasteiger partial charge in [-0.3, -0.25) is 4.79 Å². The van der Waals surface area contributed by atoms with Crippen LogP contribution in [0.25, 0.3) is 0 Å². The molecule has 1 aromatic heterocycles. The van der Waals surface area contributed by atoms with E-state index in [1.54, 1.807) is 25.2 Å². The molecule has 0 saturated carbocycles. The highest BCUT2D eigenvalue weighted by Crippen LogP contribution is 2.15. The molecule has 8 nitrogen and oxygen atoms in total. The third-order valence-electron chi connectivity index (χ3n) is 3.46. The number of likely N-dealkylation sites (N-methyl/N-ethyl adjacent to an activating group) is 1. The van der Waals surface area contributed by atoms with Gasteiger partial charge in [-0.1, -0.05) is 0 Å². The van der Waals surface area contributed by atoms with Crippen LogP contribution in [0.2, 0.25) is 0 Å². The number of primary amides is 1. The molecule has 1 aromatic rings. The molecule has 0 aromatic carbocycles. The number of ether oxygens (including phenoxy) is 1. The maximum Gasteiger partial charge on any atom is 0.315 e. The van der Waals surface area contributed by atoms with Crippen molar-refractivity contribution in [2.75, 3.05) is 33.9 Å². The maximum absolute atomic E-state index is 11.5. The smallest absolute Gasteiger partial charge is 0.315 e. The second-order valence-corrected chi connectivity index (χ2v) is 5.38. The van der Waals surface area contributed by atoms with E-state index in [9.17, 15) is 9.59 Å². The summed E-state index contributed by atoms with van der Waals surface area (Å²) >= 11 is 0. The molecule has 116 valence electrons. The lowest BCUT2D eigenvalue weighted by Crippen LogP contribution is -2.39. The first kappa shape index (κ1) is 15.3. The van der Waals surface area contributed by atoms with E-state index in [0.717, 1.165) is 5.82 Å². The van der Waals surface area contributed by atoms with Crippen molar-refractivity contribution in [3.63, 3.8) is 0 Å². The van der Waals surface area contributed by atoms with Gasteiger partial charge in [-0.05, 0) is 0 Å². The number of aromatic nitrogens is 2. The van der Waals surface area contributed by atoms with Crippen LogP contribution in [0, 0.1) is 5.92 Å². The van der Waals surface area contributed by atoms with Crippen molar-refractivity contribution in [2.45, 2.75) is 13.1 Å². The molecule has 21 heavy (non-hydrogen) atoms. The number of carbonyl (C=O) groups excluding carboxylic acids is 2. The van der Waals surface area contributed by atoms with Gasteiger partial charge in [0, 0.05) is 45.5 Å². The number of hydrogen-bond acceptors (Lipinski definition) is 4. The first-order valence-corrected chi connectivity index (χ1v) is 6.79. The summed E-state index contributed by atoms with van der Waals surface area (Å²) in [5.74, 6) is 0.794. The summed E-state index contributed by atoms with van der Waals surface area (Å²) in [4.78, 5) is 30.2. The molecule has 2 rings (SSSR count). The maximum atomic E-state index is 11.5. The first-order valence-electron chi connectivity index (χ1n) is 6.79. The average molecular weight is 295 g/mol. The lowest BCUT2D eigenvalue weighted by atomic mass is 10.1. The predicted octanol–water partition coefficient (Wildman–Crippen LogP) is -0.502. The number of fused-ring (bicyclic) bond motifs is 1. The van der Waals surface area contributed by atoms with Gasteiger partial charge in [-0.2, -0.15) is 0 Å². The number of nitrogens with two attached hydrogens (primary N) is 1. The van der Waals surface area contributed by atoms with Crippen LogP contribution in [0.1, 0.15) is 5.82 Å². The summed E-state index contributed by atoms with van der Waals surface area (Å²) in [5, 5.41) is 0. The van der Waals surface area contributed by atoms with Crippen molar-refractivity contribution in [1.29, 1.82) is 0 Å². The van der Waals surface area contributed by atoms with Crippen LogP contribution in [0.3, 0.4) is 0 Å². The van der Waals surface area contributed by atoms with E-state index < -0.39 is 6.03 Å². The van der Waals surface area contributed by atoms with Crippen LogP contribution in [0.5, 0.6) is 0 Å². The molecule has 1 unspecified atom stereocenters.